The third-order valence-corrected chi connectivity index (χ3v) is 2.71. The van der Waals surface area contributed by atoms with Crippen LogP contribution in [0.2, 0.25) is 5.02 Å². The van der Waals surface area contributed by atoms with Crippen LogP contribution in [0.15, 0.2) is 18.2 Å². The van der Waals surface area contributed by atoms with Gasteiger partial charge in [-0.15, -0.1) is 0 Å². The van der Waals surface area contributed by atoms with Gasteiger partial charge in [0.15, 0.2) is 11.5 Å². The number of halogens is 1. The number of benzene rings is 1. The van der Waals surface area contributed by atoms with E-state index >= 15 is 0 Å². The van der Waals surface area contributed by atoms with Gasteiger partial charge in [-0.1, -0.05) is 30.7 Å². The summed E-state index contributed by atoms with van der Waals surface area (Å²) in [5, 5.41) is 3.77. The molecule has 0 aromatic heterocycles. The molecule has 1 rings (SSSR count). The van der Waals surface area contributed by atoms with E-state index in [1.807, 2.05) is 24.3 Å². The van der Waals surface area contributed by atoms with E-state index in [1.54, 1.807) is 14.2 Å². The molecule has 0 atom stereocenters. The SMILES string of the molecule is CCNCC=Cc1ccc(OC)c(OC)c1Cl. The summed E-state index contributed by atoms with van der Waals surface area (Å²) >= 11 is 6.23. The van der Waals surface area contributed by atoms with Gasteiger partial charge in [0.2, 0.25) is 0 Å². The van der Waals surface area contributed by atoms with E-state index in [9.17, 15) is 0 Å². The van der Waals surface area contributed by atoms with E-state index in [0.29, 0.717) is 16.5 Å². The summed E-state index contributed by atoms with van der Waals surface area (Å²) in [7, 11) is 3.17. The third-order valence-electron chi connectivity index (χ3n) is 2.32. The van der Waals surface area contributed by atoms with E-state index in [-0.39, 0.29) is 0 Å². The van der Waals surface area contributed by atoms with Crippen molar-refractivity contribution < 1.29 is 9.47 Å². The highest BCUT2D eigenvalue weighted by atomic mass is 35.5. The minimum atomic E-state index is 0.569. The second-order valence-corrected chi connectivity index (χ2v) is 3.79. The maximum absolute atomic E-state index is 6.23. The van der Waals surface area contributed by atoms with Crippen molar-refractivity contribution in [3.63, 3.8) is 0 Å². The normalized spacial score (nSPS) is 10.8. The fourth-order valence-corrected chi connectivity index (χ4v) is 1.74. The van der Waals surface area contributed by atoms with Gasteiger partial charge in [-0.3, -0.25) is 0 Å². The fraction of sp³-hybridized carbons (Fsp3) is 0.385. The van der Waals surface area contributed by atoms with Crippen LogP contribution in [0.3, 0.4) is 0 Å². The maximum atomic E-state index is 6.23. The summed E-state index contributed by atoms with van der Waals surface area (Å²) in [6.07, 6.45) is 3.99. The zero-order valence-corrected chi connectivity index (χ0v) is 11.2. The van der Waals surface area contributed by atoms with E-state index in [1.165, 1.54) is 0 Å². The largest absolute Gasteiger partial charge is 0.493 e. The molecule has 17 heavy (non-hydrogen) atoms. The van der Waals surface area contributed by atoms with Crippen LogP contribution >= 0.6 is 11.6 Å². The summed E-state index contributed by atoms with van der Waals surface area (Å²) in [5.41, 5.74) is 0.919. The zero-order valence-electron chi connectivity index (χ0n) is 10.4. The fourth-order valence-electron chi connectivity index (χ4n) is 1.45. The number of nitrogens with one attached hydrogen (secondary N) is 1. The molecule has 0 heterocycles. The van der Waals surface area contributed by atoms with E-state index in [4.69, 9.17) is 21.1 Å². The molecular weight excluding hydrogens is 238 g/mol. The molecule has 0 amide bonds. The Balaban J connectivity index is 2.90. The first-order chi connectivity index (χ1) is 8.24. The molecule has 0 aliphatic carbocycles. The van der Waals surface area contributed by atoms with Crippen LogP contribution in [-0.2, 0) is 0 Å². The predicted molar refractivity (Wildman–Crippen MR) is 72.1 cm³/mol. The lowest BCUT2D eigenvalue weighted by atomic mass is 10.2. The molecule has 0 aliphatic rings. The minimum absolute atomic E-state index is 0.569. The molecule has 0 saturated carbocycles. The molecular formula is C13H18ClNO2. The smallest absolute Gasteiger partial charge is 0.179 e. The standard InChI is InChI=1S/C13H18ClNO2/c1-4-15-9-5-6-10-7-8-11(16-2)13(17-3)12(10)14/h5-8,15H,4,9H2,1-3H3. The summed E-state index contributed by atoms with van der Waals surface area (Å²) in [6.45, 7) is 3.84. The van der Waals surface area contributed by atoms with Crippen molar-refractivity contribution in [1.29, 1.82) is 0 Å². The summed E-state index contributed by atoms with van der Waals surface area (Å²) in [4.78, 5) is 0. The molecule has 0 unspecified atom stereocenters. The lowest BCUT2D eigenvalue weighted by Gasteiger charge is -2.10. The Bertz CT molecular complexity index is 391. The number of hydrogen-bond acceptors (Lipinski definition) is 3. The molecule has 0 saturated heterocycles. The third kappa shape index (κ3) is 3.65. The van der Waals surface area contributed by atoms with Crippen molar-refractivity contribution in [3.05, 3.63) is 28.8 Å². The van der Waals surface area contributed by atoms with E-state index in [0.717, 1.165) is 18.7 Å². The molecule has 0 spiro atoms. The monoisotopic (exact) mass is 255 g/mol. The average molecular weight is 256 g/mol. The second kappa shape index (κ2) is 7.20. The highest BCUT2D eigenvalue weighted by molar-refractivity contribution is 6.33. The number of ether oxygens (including phenoxy) is 2. The highest BCUT2D eigenvalue weighted by Gasteiger charge is 2.10. The Morgan fingerprint density at radius 3 is 2.65 bits per heavy atom. The van der Waals surface area contributed by atoms with Crippen LogP contribution < -0.4 is 14.8 Å². The van der Waals surface area contributed by atoms with Crippen LogP contribution in [-0.4, -0.2) is 27.3 Å². The zero-order chi connectivity index (χ0) is 12.7. The van der Waals surface area contributed by atoms with Gasteiger partial charge in [0.05, 0.1) is 19.2 Å². The van der Waals surface area contributed by atoms with Crippen LogP contribution in [0.1, 0.15) is 12.5 Å². The second-order valence-electron chi connectivity index (χ2n) is 3.41. The van der Waals surface area contributed by atoms with Gasteiger partial charge >= 0.3 is 0 Å². The van der Waals surface area contributed by atoms with Crippen molar-refractivity contribution in [3.8, 4) is 11.5 Å². The number of methoxy groups -OCH3 is 2. The van der Waals surface area contributed by atoms with Gasteiger partial charge in [-0.2, -0.15) is 0 Å². The Kier molecular flexibility index (Phi) is 5.87. The van der Waals surface area contributed by atoms with Gasteiger partial charge in [-0.05, 0) is 24.2 Å². The maximum Gasteiger partial charge on any atom is 0.179 e. The van der Waals surface area contributed by atoms with Crippen LogP contribution in [0.5, 0.6) is 11.5 Å². The lowest BCUT2D eigenvalue weighted by molar-refractivity contribution is 0.355. The molecule has 1 aromatic carbocycles. The Hall–Kier alpha value is -1.19. The van der Waals surface area contributed by atoms with E-state index < -0.39 is 0 Å². The summed E-state index contributed by atoms with van der Waals surface area (Å²) in [6, 6.07) is 3.75. The van der Waals surface area contributed by atoms with Crippen molar-refractivity contribution in [2.75, 3.05) is 27.3 Å². The van der Waals surface area contributed by atoms with Crippen LogP contribution in [0.25, 0.3) is 6.08 Å². The molecule has 94 valence electrons. The summed E-state index contributed by atoms with van der Waals surface area (Å²) in [5.74, 6) is 1.21. The molecule has 4 heteroatoms. The van der Waals surface area contributed by atoms with Crippen LogP contribution in [0, 0.1) is 0 Å². The first-order valence-electron chi connectivity index (χ1n) is 5.52. The van der Waals surface area contributed by atoms with Gasteiger partial charge in [-0.25, -0.2) is 0 Å². The quantitative estimate of drug-likeness (QED) is 0.793. The van der Waals surface area contributed by atoms with Crippen molar-refractivity contribution in [1.82, 2.24) is 5.32 Å². The van der Waals surface area contributed by atoms with Gasteiger partial charge < -0.3 is 14.8 Å². The molecule has 1 aromatic rings. The number of rotatable bonds is 6. The number of likely N-dealkylation sites (N-methyl/N-ethyl adjacent to an activating group) is 1. The predicted octanol–water partition coefficient (Wildman–Crippen LogP) is 2.98. The molecule has 0 fully saturated rings. The topological polar surface area (TPSA) is 30.5 Å². The molecule has 0 aliphatic heterocycles. The minimum Gasteiger partial charge on any atom is -0.493 e. The lowest BCUT2D eigenvalue weighted by Crippen LogP contribution is -2.11. The van der Waals surface area contributed by atoms with Gasteiger partial charge in [0, 0.05) is 6.54 Å². The van der Waals surface area contributed by atoms with Gasteiger partial charge in [0.25, 0.3) is 0 Å². The first-order valence-corrected chi connectivity index (χ1v) is 5.90. The van der Waals surface area contributed by atoms with E-state index in [2.05, 4.69) is 12.2 Å². The average Bonchev–Trinajstić information content (AvgIpc) is 2.35. The molecule has 3 nitrogen and oxygen atoms in total. The number of hydrogen-bond donors (Lipinski definition) is 1. The van der Waals surface area contributed by atoms with Crippen molar-refractivity contribution in [2.24, 2.45) is 0 Å². The summed E-state index contributed by atoms with van der Waals surface area (Å²) < 4.78 is 10.4. The Morgan fingerprint density at radius 2 is 2.06 bits per heavy atom. The highest BCUT2D eigenvalue weighted by Crippen LogP contribution is 2.37. The molecule has 0 radical (unpaired) electrons. The van der Waals surface area contributed by atoms with Crippen LogP contribution in [0.4, 0.5) is 0 Å². The first kappa shape index (κ1) is 13.9. The van der Waals surface area contributed by atoms with Crippen molar-refractivity contribution in [2.45, 2.75) is 6.92 Å². The molecule has 1 N–H and O–H groups in total. The Morgan fingerprint density at radius 1 is 1.29 bits per heavy atom. The Labute approximate surface area is 107 Å². The molecule has 0 bridgehead atoms. The van der Waals surface area contributed by atoms with Gasteiger partial charge in [0.1, 0.15) is 0 Å². The van der Waals surface area contributed by atoms with Crippen molar-refractivity contribution >= 4 is 17.7 Å².